The van der Waals surface area contributed by atoms with E-state index in [1.54, 1.807) is 6.07 Å². The molecule has 0 atom stereocenters. The van der Waals surface area contributed by atoms with Gasteiger partial charge in [-0.2, -0.15) is 0 Å². The number of allylic oxidation sites excluding steroid dienone is 2. The highest BCUT2D eigenvalue weighted by molar-refractivity contribution is 5.72. The van der Waals surface area contributed by atoms with Gasteiger partial charge in [-0.3, -0.25) is 0 Å². The summed E-state index contributed by atoms with van der Waals surface area (Å²) < 4.78 is 6.03. The summed E-state index contributed by atoms with van der Waals surface area (Å²) in [5.41, 5.74) is 4.07. The number of aromatic hydroxyl groups is 1. The zero-order valence-corrected chi connectivity index (χ0v) is 16.5. The zero-order valence-electron chi connectivity index (χ0n) is 16.5. The Morgan fingerprint density at radius 1 is 0.926 bits per heavy atom. The van der Waals surface area contributed by atoms with Crippen molar-refractivity contribution in [2.24, 2.45) is 0 Å². The standard InChI is InChI=1S/C25H32O2/c1-4-7-8-9-10-17-27-25-16-14-21(19-22(25)12-6-3)23-18-20(11-5-2)13-15-24(23)26/h5-6,13-16,18-19,26H,2-4,7-12,17H2,1H3. The molecule has 0 fully saturated rings. The van der Waals surface area contributed by atoms with Gasteiger partial charge in [0.05, 0.1) is 6.61 Å². The number of benzene rings is 2. The fourth-order valence-electron chi connectivity index (χ4n) is 3.20. The van der Waals surface area contributed by atoms with E-state index in [1.165, 1.54) is 25.7 Å². The van der Waals surface area contributed by atoms with Crippen molar-refractivity contribution in [2.45, 2.75) is 51.9 Å². The van der Waals surface area contributed by atoms with Crippen molar-refractivity contribution in [3.8, 4) is 22.6 Å². The molecule has 2 rings (SSSR count). The predicted octanol–water partition coefficient (Wildman–Crippen LogP) is 6.87. The van der Waals surface area contributed by atoms with Crippen LogP contribution in [0.4, 0.5) is 0 Å². The number of ether oxygens (including phenoxy) is 1. The summed E-state index contributed by atoms with van der Waals surface area (Å²) in [4.78, 5) is 0. The molecule has 0 saturated carbocycles. The minimum Gasteiger partial charge on any atom is -0.507 e. The second-order valence-electron chi connectivity index (χ2n) is 6.92. The Balaban J connectivity index is 2.16. The summed E-state index contributed by atoms with van der Waals surface area (Å²) in [5, 5.41) is 10.3. The molecular weight excluding hydrogens is 332 g/mol. The van der Waals surface area contributed by atoms with Gasteiger partial charge in [0.15, 0.2) is 0 Å². The van der Waals surface area contributed by atoms with Gasteiger partial charge in [0.1, 0.15) is 11.5 Å². The topological polar surface area (TPSA) is 29.5 Å². The van der Waals surface area contributed by atoms with Crippen molar-refractivity contribution >= 4 is 0 Å². The van der Waals surface area contributed by atoms with Gasteiger partial charge in [0.2, 0.25) is 0 Å². The van der Waals surface area contributed by atoms with Crippen molar-refractivity contribution in [3.63, 3.8) is 0 Å². The maximum absolute atomic E-state index is 10.3. The number of phenolic OH excluding ortho intramolecular Hbond substituents is 1. The lowest BCUT2D eigenvalue weighted by Crippen LogP contribution is -2.00. The normalized spacial score (nSPS) is 10.6. The van der Waals surface area contributed by atoms with E-state index < -0.39 is 0 Å². The molecule has 144 valence electrons. The highest BCUT2D eigenvalue weighted by Crippen LogP contribution is 2.33. The molecule has 0 unspecified atom stereocenters. The first-order valence-electron chi connectivity index (χ1n) is 9.99. The molecular formula is C25H32O2. The molecule has 0 aliphatic heterocycles. The number of phenols is 1. The van der Waals surface area contributed by atoms with Crippen LogP contribution in [0.2, 0.25) is 0 Å². The van der Waals surface area contributed by atoms with E-state index in [0.29, 0.717) is 0 Å². The summed E-state index contributed by atoms with van der Waals surface area (Å²) in [6.45, 7) is 10.6. The third kappa shape index (κ3) is 6.32. The Bertz CT molecular complexity index is 746. The Labute approximate surface area is 164 Å². The molecule has 2 nitrogen and oxygen atoms in total. The SMILES string of the molecule is C=CCc1ccc(O)c(-c2ccc(OCCCCCCC)c(CC=C)c2)c1. The molecule has 0 aliphatic rings. The van der Waals surface area contributed by atoms with Crippen LogP contribution in [0.15, 0.2) is 61.7 Å². The van der Waals surface area contributed by atoms with Gasteiger partial charge in [-0.05, 0) is 60.2 Å². The molecule has 0 aliphatic carbocycles. The van der Waals surface area contributed by atoms with Crippen LogP contribution in [0.1, 0.15) is 50.2 Å². The molecule has 1 N–H and O–H groups in total. The first kappa shape index (κ1) is 20.8. The summed E-state index contributed by atoms with van der Waals surface area (Å²) >= 11 is 0. The van der Waals surface area contributed by atoms with Crippen LogP contribution in [0.3, 0.4) is 0 Å². The lowest BCUT2D eigenvalue weighted by Gasteiger charge is -2.14. The maximum atomic E-state index is 10.3. The second kappa shape index (κ2) is 11.3. The molecule has 0 radical (unpaired) electrons. The van der Waals surface area contributed by atoms with Gasteiger partial charge in [-0.25, -0.2) is 0 Å². The first-order valence-corrected chi connectivity index (χ1v) is 9.99. The number of rotatable bonds is 12. The number of hydrogen-bond acceptors (Lipinski definition) is 2. The van der Waals surface area contributed by atoms with Crippen molar-refractivity contribution in [3.05, 3.63) is 72.8 Å². The van der Waals surface area contributed by atoms with Gasteiger partial charge in [-0.1, -0.05) is 56.9 Å². The lowest BCUT2D eigenvalue weighted by atomic mass is 9.97. The molecule has 0 saturated heterocycles. The largest absolute Gasteiger partial charge is 0.507 e. The molecule has 27 heavy (non-hydrogen) atoms. The average molecular weight is 365 g/mol. The van der Waals surface area contributed by atoms with Gasteiger partial charge in [0.25, 0.3) is 0 Å². The Hall–Kier alpha value is -2.48. The van der Waals surface area contributed by atoms with E-state index in [0.717, 1.165) is 53.9 Å². The number of hydrogen-bond donors (Lipinski definition) is 1. The predicted molar refractivity (Wildman–Crippen MR) is 116 cm³/mol. The quantitative estimate of drug-likeness (QED) is 0.329. The molecule has 2 heteroatoms. The van der Waals surface area contributed by atoms with E-state index in [-0.39, 0.29) is 5.75 Å². The summed E-state index contributed by atoms with van der Waals surface area (Å²) in [6, 6.07) is 11.8. The van der Waals surface area contributed by atoms with Crippen LogP contribution in [0.25, 0.3) is 11.1 Å². The first-order chi connectivity index (χ1) is 13.2. The van der Waals surface area contributed by atoms with Gasteiger partial charge < -0.3 is 9.84 Å². The van der Waals surface area contributed by atoms with E-state index >= 15 is 0 Å². The van der Waals surface area contributed by atoms with Crippen molar-refractivity contribution in [1.82, 2.24) is 0 Å². The van der Waals surface area contributed by atoms with Crippen molar-refractivity contribution in [2.75, 3.05) is 6.61 Å². The van der Waals surface area contributed by atoms with Crippen LogP contribution >= 0.6 is 0 Å². The lowest BCUT2D eigenvalue weighted by molar-refractivity contribution is 0.302. The van der Waals surface area contributed by atoms with Gasteiger partial charge in [0, 0.05) is 5.56 Å². The zero-order chi connectivity index (χ0) is 19.5. The van der Waals surface area contributed by atoms with Crippen molar-refractivity contribution in [1.29, 1.82) is 0 Å². The summed E-state index contributed by atoms with van der Waals surface area (Å²) in [5.74, 6) is 1.20. The minimum absolute atomic E-state index is 0.289. The molecule has 2 aromatic carbocycles. The van der Waals surface area contributed by atoms with Crippen LogP contribution in [0.5, 0.6) is 11.5 Å². The molecule has 0 heterocycles. The fraction of sp³-hybridized carbons (Fsp3) is 0.360. The van der Waals surface area contributed by atoms with E-state index in [4.69, 9.17) is 4.74 Å². The average Bonchev–Trinajstić information content (AvgIpc) is 2.67. The van der Waals surface area contributed by atoms with Crippen LogP contribution in [0, 0.1) is 0 Å². The minimum atomic E-state index is 0.289. The van der Waals surface area contributed by atoms with Crippen molar-refractivity contribution < 1.29 is 9.84 Å². The third-order valence-corrected chi connectivity index (χ3v) is 4.68. The Morgan fingerprint density at radius 3 is 2.44 bits per heavy atom. The number of unbranched alkanes of at least 4 members (excludes halogenated alkanes) is 4. The molecule has 0 bridgehead atoms. The summed E-state index contributed by atoms with van der Waals surface area (Å²) in [7, 11) is 0. The Kier molecular flexibility index (Phi) is 8.70. The van der Waals surface area contributed by atoms with E-state index in [9.17, 15) is 5.11 Å². The highest BCUT2D eigenvalue weighted by atomic mass is 16.5. The summed E-state index contributed by atoms with van der Waals surface area (Å²) in [6.07, 6.45) is 11.4. The van der Waals surface area contributed by atoms with Crippen LogP contribution < -0.4 is 4.74 Å². The van der Waals surface area contributed by atoms with Gasteiger partial charge in [-0.15, -0.1) is 13.2 Å². The van der Waals surface area contributed by atoms with Gasteiger partial charge >= 0.3 is 0 Å². The molecule has 0 spiro atoms. The highest BCUT2D eigenvalue weighted by Gasteiger charge is 2.10. The van der Waals surface area contributed by atoms with E-state index in [1.807, 2.05) is 36.4 Å². The Morgan fingerprint density at radius 2 is 1.70 bits per heavy atom. The fourth-order valence-corrected chi connectivity index (χ4v) is 3.20. The third-order valence-electron chi connectivity index (χ3n) is 4.68. The second-order valence-corrected chi connectivity index (χ2v) is 6.92. The molecule has 2 aromatic rings. The molecule has 0 aromatic heterocycles. The smallest absolute Gasteiger partial charge is 0.123 e. The maximum Gasteiger partial charge on any atom is 0.123 e. The van der Waals surface area contributed by atoms with Crippen LogP contribution in [-0.2, 0) is 12.8 Å². The molecule has 0 amide bonds. The van der Waals surface area contributed by atoms with E-state index in [2.05, 4.69) is 26.1 Å². The van der Waals surface area contributed by atoms with Crippen LogP contribution in [-0.4, -0.2) is 11.7 Å². The monoisotopic (exact) mass is 364 g/mol.